The van der Waals surface area contributed by atoms with E-state index in [1.54, 1.807) is 0 Å². The third-order valence-electron chi connectivity index (χ3n) is 10.8. The molecule has 2 saturated heterocycles. The van der Waals surface area contributed by atoms with Crippen LogP contribution in [-0.4, -0.2) is 90.6 Å². The van der Waals surface area contributed by atoms with Gasteiger partial charge in [0.25, 0.3) is 5.91 Å². The van der Waals surface area contributed by atoms with Crippen molar-refractivity contribution in [3.8, 4) is 0 Å². The molecule has 4 N–H and O–H groups in total. The topological polar surface area (TPSA) is 171 Å². The van der Waals surface area contributed by atoms with E-state index in [1.165, 1.54) is 11.0 Å². The molecule has 5 amide bonds. The van der Waals surface area contributed by atoms with Crippen LogP contribution in [0.3, 0.4) is 0 Å². The summed E-state index contributed by atoms with van der Waals surface area (Å²) in [5, 5.41) is 10.6. The fraction of sp³-hybridized carbons (Fsp3) is 0.800. The van der Waals surface area contributed by atoms with E-state index in [0.29, 0.717) is 45.1 Å². The quantitative estimate of drug-likeness (QED) is 0.170. The van der Waals surface area contributed by atoms with Gasteiger partial charge in [0, 0.05) is 13.1 Å². The van der Waals surface area contributed by atoms with Gasteiger partial charge in [0.2, 0.25) is 17.6 Å². The summed E-state index contributed by atoms with van der Waals surface area (Å²) in [4.78, 5) is 69.3. The van der Waals surface area contributed by atoms with Crippen LogP contribution in [-0.2, 0) is 29.0 Å². The minimum absolute atomic E-state index is 0.00528. The largest absolute Gasteiger partial charge is 0.346 e. The number of amides is 5. The van der Waals surface area contributed by atoms with Crippen LogP contribution in [0.25, 0.3) is 0 Å². The number of hydrogen-bond acceptors (Lipinski definition) is 7. The minimum Gasteiger partial charge on any atom is -0.346 e. The van der Waals surface area contributed by atoms with Gasteiger partial charge in [-0.3, -0.25) is 19.2 Å². The van der Waals surface area contributed by atoms with E-state index in [0.717, 1.165) is 32.1 Å². The molecule has 2 aliphatic heterocycles. The maximum atomic E-state index is 14.4. The molecule has 0 spiro atoms. The number of carbonyl (C=O) groups excluding carboxylic acids is 5. The molecule has 48 heavy (non-hydrogen) atoms. The van der Waals surface area contributed by atoms with E-state index in [1.807, 2.05) is 34.6 Å². The predicted octanol–water partition coefficient (Wildman–Crippen LogP) is 3.01. The lowest BCUT2D eigenvalue weighted by molar-refractivity contribution is -0.143. The van der Waals surface area contributed by atoms with E-state index < -0.39 is 73.7 Å². The summed E-state index contributed by atoms with van der Waals surface area (Å²) >= 11 is 0. The second-order valence-corrected chi connectivity index (χ2v) is 18.3. The smallest absolute Gasteiger partial charge is 0.315 e. The molecule has 4 rings (SSSR count). The fourth-order valence-electron chi connectivity index (χ4n) is 7.77. The highest BCUT2D eigenvalue weighted by Crippen LogP contribution is 2.40. The van der Waals surface area contributed by atoms with Crippen molar-refractivity contribution in [3.05, 3.63) is 12.7 Å². The van der Waals surface area contributed by atoms with Crippen molar-refractivity contribution in [2.45, 2.75) is 134 Å². The predicted molar refractivity (Wildman–Crippen MR) is 183 cm³/mol. The molecular formula is C35H57N5O7S. The number of likely N-dealkylation sites (tertiary alicyclic amines) is 1. The first kappa shape index (κ1) is 37.9. The zero-order chi connectivity index (χ0) is 35.4. The van der Waals surface area contributed by atoms with Crippen molar-refractivity contribution in [1.82, 2.24) is 26.2 Å². The van der Waals surface area contributed by atoms with Crippen molar-refractivity contribution >= 4 is 39.4 Å². The Hall–Kier alpha value is -2.96. The normalized spacial score (nSPS) is 26.3. The van der Waals surface area contributed by atoms with Crippen LogP contribution in [0.1, 0.15) is 105 Å². The molecule has 4 fully saturated rings. The van der Waals surface area contributed by atoms with Gasteiger partial charge in [0.15, 0.2) is 9.84 Å². The Kier molecular flexibility index (Phi) is 12.1. The van der Waals surface area contributed by atoms with Crippen molar-refractivity contribution in [1.29, 1.82) is 0 Å². The number of rotatable bonds is 13. The molecule has 0 aromatic rings. The van der Waals surface area contributed by atoms with Crippen LogP contribution in [0.2, 0.25) is 0 Å². The van der Waals surface area contributed by atoms with Crippen molar-refractivity contribution in [2.24, 2.45) is 23.2 Å². The molecule has 13 heteroatoms. The van der Waals surface area contributed by atoms with Gasteiger partial charge in [-0.05, 0) is 61.7 Å². The van der Waals surface area contributed by atoms with Crippen LogP contribution in [0, 0.1) is 23.2 Å². The molecule has 2 aliphatic carbocycles. The number of nitrogens with one attached hydrogen (secondary N) is 4. The second kappa shape index (κ2) is 15.3. The number of nitrogens with zero attached hydrogens (tertiary/aromatic N) is 1. The Morgan fingerprint density at radius 3 is 2.19 bits per heavy atom. The average molecular weight is 692 g/mol. The van der Waals surface area contributed by atoms with E-state index in [-0.39, 0.29) is 30.1 Å². The first-order valence-electron chi connectivity index (χ1n) is 17.8. The lowest BCUT2D eigenvalue weighted by Gasteiger charge is -2.43. The standard InChI is InChI=1S/C35H57N5O7S/c1-7-17-36-31(43)28(41)25(19-23-13-14-23)37-30(42)26-20-24(22(2)3)21-40(26)32(44)29(34(4,5)6)38-33(45)39-35(15-9-8-10-16-35)27-12-11-18-48(27,46)47/h7,22-27,29H,1,8-21H2,2-6H3,(H,36,43)(H,37,42)(H2,38,39,45)/t24?,25?,26-,27?,29?/m0/s1. The number of Topliss-reactive ketones (excluding diaryl/α,β-unsaturated/α-hetero) is 1. The first-order valence-corrected chi connectivity index (χ1v) is 19.5. The van der Waals surface area contributed by atoms with Crippen LogP contribution in [0.5, 0.6) is 0 Å². The number of carbonyl (C=O) groups is 5. The summed E-state index contributed by atoms with van der Waals surface area (Å²) in [7, 11) is -3.35. The molecule has 4 unspecified atom stereocenters. The van der Waals surface area contributed by atoms with Gasteiger partial charge >= 0.3 is 6.03 Å². The van der Waals surface area contributed by atoms with Gasteiger partial charge in [-0.25, -0.2) is 13.2 Å². The number of hydrogen-bond donors (Lipinski definition) is 4. The zero-order valence-corrected chi connectivity index (χ0v) is 30.3. The molecule has 12 nitrogen and oxygen atoms in total. The number of urea groups is 1. The number of ketones is 1. The van der Waals surface area contributed by atoms with Gasteiger partial charge in [-0.1, -0.05) is 72.8 Å². The number of sulfone groups is 1. The van der Waals surface area contributed by atoms with E-state index in [4.69, 9.17) is 0 Å². The Balaban J connectivity index is 1.54. The highest BCUT2D eigenvalue weighted by molar-refractivity contribution is 7.92. The third-order valence-corrected chi connectivity index (χ3v) is 13.2. The summed E-state index contributed by atoms with van der Waals surface area (Å²) in [6.45, 7) is 13.6. The first-order chi connectivity index (χ1) is 22.5. The zero-order valence-electron chi connectivity index (χ0n) is 29.4. The highest BCUT2D eigenvalue weighted by atomic mass is 32.2. The summed E-state index contributed by atoms with van der Waals surface area (Å²) < 4.78 is 26.1. The maximum Gasteiger partial charge on any atom is 0.315 e. The van der Waals surface area contributed by atoms with Crippen molar-refractivity contribution < 1.29 is 32.4 Å². The van der Waals surface area contributed by atoms with Gasteiger partial charge in [0.05, 0.1) is 22.6 Å². The molecule has 270 valence electrons. The molecule has 5 atom stereocenters. The summed E-state index contributed by atoms with van der Waals surface area (Å²) in [6.07, 6.45) is 8.86. The van der Waals surface area contributed by atoms with E-state index in [9.17, 15) is 32.4 Å². The molecule has 4 aliphatic rings. The van der Waals surface area contributed by atoms with Gasteiger partial charge in [-0.15, -0.1) is 6.58 Å². The molecule has 0 aromatic heterocycles. The van der Waals surface area contributed by atoms with Crippen LogP contribution in [0.4, 0.5) is 4.79 Å². The summed E-state index contributed by atoms with van der Waals surface area (Å²) in [6, 6.07) is -3.51. The maximum absolute atomic E-state index is 14.4. The minimum atomic E-state index is -3.35. The third kappa shape index (κ3) is 8.98. The molecule has 0 radical (unpaired) electrons. The Bertz CT molecular complexity index is 1350. The second-order valence-electron chi connectivity index (χ2n) is 16.0. The lowest BCUT2D eigenvalue weighted by atomic mass is 9.78. The van der Waals surface area contributed by atoms with Crippen molar-refractivity contribution in [3.63, 3.8) is 0 Å². The van der Waals surface area contributed by atoms with Gasteiger partial charge in [-0.2, -0.15) is 0 Å². The summed E-state index contributed by atoms with van der Waals surface area (Å²) in [5.41, 5.74) is -1.64. The van der Waals surface area contributed by atoms with Crippen molar-refractivity contribution in [2.75, 3.05) is 18.8 Å². The average Bonchev–Trinajstić information content (AvgIpc) is 3.58. The van der Waals surface area contributed by atoms with Gasteiger partial charge in [0.1, 0.15) is 12.1 Å². The van der Waals surface area contributed by atoms with Crippen LogP contribution < -0.4 is 21.3 Å². The Morgan fingerprint density at radius 2 is 1.65 bits per heavy atom. The fourth-order valence-corrected chi connectivity index (χ4v) is 10.1. The molecule has 0 aromatic carbocycles. The van der Waals surface area contributed by atoms with E-state index >= 15 is 0 Å². The monoisotopic (exact) mass is 691 g/mol. The molecule has 0 bridgehead atoms. The molecule has 2 saturated carbocycles. The van der Waals surface area contributed by atoms with Gasteiger partial charge < -0.3 is 26.2 Å². The molecular weight excluding hydrogens is 634 g/mol. The lowest BCUT2D eigenvalue weighted by Crippen LogP contribution is -2.65. The summed E-state index contributed by atoms with van der Waals surface area (Å²) in [5.74, 6) is -1.89. The molecule has 2 heterocycles. The highest BCUT2D eigenvalue weighted by Gasteiger charge is 2.51. The van der Waals surface area contributed by atoms with Crippen LogP contribution in [0.15, 0.2) is 12.7 Å². The Morgan fingerprint density at radius 1 is 0.979 bits per heavy atom. The Labute approximate surface area is 286 Å². The SMILES string of the molecule is C=CCNC(=O)C(=O)C(CC1CC1)NC(=O)[C@@H]1CC(C(C)C)CN1C(=O)C(NC(=O)NC1(C2CCCS2(=O)=O)CCCCC1)C(C)(C)C. The van der Waals surface area contributed by atoms with Crippen LogP contribution >= 0.6 is 0 Å². The van der Waals surface area contributed by atoms with E-state index in [2.05, 4.69) is 27.8 Å².